The van der Waals surface area contributed by atoms with E-state index >= 15 is 0 Å². The van der Waals surface area contributed by atoms with E-state index in [1.54, 1.807) is 0 Å². The Morgan fingerprint density at radius 1 is 1.25 bits per heavy atom. The van der Waals surface area contributed by atoms with Gasteiger partial charge >= 0.3 is 0 Å². The van der Waals surface area contributed by atoms with E-state index in [9.17, 15) is 0 Å². The van der Waals surface area contributed by atoms with Crippen LogP contribution in [0.2, 0.25) is 0 Å². The number of halogens is 1. The summed E-state index contributed by atoms with van der Waals surface area (Å²) in [6.07, 6.45) is 2.47. The second kappa shape index (κ2) is 11.4. The zero-order valence-electron chi connectivity index (χ0n) is 17.1. The SMILES string of the molecule is CCNC(=NCc1nc(C)c(C)o1)NCC1CCCN1Cc1ccccc1.I. The van der Waals surface area contributed by atoms with Gasteiger partial charge < -0.3 is 15.1 Å². The summed E-state index contributed by atoms with van der Waals surface area (Å²) in [4.78, 5) is 11.6. The molecule has 28 heavy (non-hydrogen) atoms. The maximum atomic E-state index is 5.62. The fraction of sp³-hybridized carbons (Fsp3) is 0.524. The van der Waals surface area contributed by atoms with Gasteiger partial charge in [0.05, 0.1) is 5.69 Å². The fourth-order valence-corrected chi connectivity index (χ4v) is 3.46. The summed E-state index contributed by atoms with van der Waals surface area (Å²) in [6, 6.07) is 11.2. The minimum absolute atomic E-state index is 0. The van der Waals surface area contributed by atoms with E-state index in [2.05, 4.69) is 62.8 Å². The monoisotopic (exact) mass is 497 g/mol. The van der Waals surface area contributed by atoms with E-state index in [1.165, 1.54) is 18.4 Å². The van der Waals surface area contributed by atoms with Crippen molar-refractivity contribution in [2.24, 2.45) is 4.99 Å². The average molecular weight is 497 g/mol. The van der Waals surface area contributed by atoms with Gasteiger partial charge in [0, 0.05) is 25.7 Å². The van der Waals surface area contributed by atoms with Crippen LogP contribution in [0.5, 0.6) is 0 Å². The summed E-state index contributed by atoms with van der Waals surface area (Å²) in [5.41, 5.74) is 2.31. The Balaban J connectivity index is 0.00000280. The number of rotatable bonds is 7. The summed E-state index contributed by atoms with van der Waals surface area (Å²) in [7, 11) is 0. The van der Waals surface area contributed by atoms with Crippen molar-refractivity contribution in [3.8, 4) is 0 Å². The minimum Gasteiger partial charge on any atom is -0.444 e. The van der Waals surface area contributed by atoms with Gasteiger partial charge in [-0.3, -0.25) is 4.90 Å². The molecule has 6 nitrogen and oxygen atoms in total. The molecule has 1 fully saturated rings. The van der Waals surface area contributed by atoms with Crippen molar-refractivity contribution in [1.82, 2.24) is 20.5 Å². The van der Waals surface area contributed by atoms with Gasteiger partial charge in [0.15, 0.2) is 5.96 Å². The van der Waals surface area contributed by atoms with Crippen LogP contribution in [0, 0.1) is 13.8 Å². The van der Waals surface area contributed by atoms with E-state index < -0.39 is 0 Å². The Bertz CT molecular complexity index is 727. The predicted molar refractivity (Wildman–Crippen MR) is 124 cm³/mol. The Morgan fingerprint density at radius 2 is 2.04 bits per heavy atom. The molecule has 2 aromatic rings. The van der Waals surface area contributed by atoms with Crippen LogP contribution < -0.4 is 10.6 Å². The standard InChI is InChI=1S/C21H31N5O.HI/c1-4-22-21(24-14-20-25-16(2)17(3)27-20)23-13-19-11-8-12-26(19)15-18-9-6-5-7-10-18;/h5-7,9-10,19H,4,8,11-15H2,1-3H3,(H2,22,23,24);1H. The lowest BCUT2D eigenvalue weighted by molar-refractivity contribution is 0.245. The highest BCUT2D eigenvalue weighted by Crippen LogP contribution is 2.19. The molecule has 0 radical (unpaired) electrons. The van der Waals surface area contributed by atoms with Crippen molar-refractivity contribution in [3.05, 3.63) is 53.2 Å². The number of oxazole rings is 1. The van der Waals surface area contributed by atoms with Crippen LogP contribution in [-0.4, -0.2) is 41.5 Å². The van der Waals surface area contributed by atoms with Gasteiger partial charge in [-0.25, -0.2) is 9.98 Å². The van der Waals surface area contributed by atoms with Crippen molar-refractivity contribution < 1.29 is 4.42 Å². The Morgan fingerprint density at radius 3 is 2.71 bits per heavy atom. The van der Waals surface area contributed by atoms with Crippen LogP contribution in [-0.2, 0) is 13.1 Å². The van der Waals surface area contributed by atoms with Crippen LogP contribution in [0.15, 0.2) is 39.7 Å². The summed E-state index contributed by atoms with van der Waals surface area (Å²) in [5.74, 6) is 2.34. The molecule has 1 aromatic carbocycles. The molecule has 1 aliphatic rings. The molecular formula is C21H32IN5O. The first-order valence-corrected chi connectivity index (χ1v) is 9.88. The van der Waals surface area contributed by atoms with Crippen LogP contribution in [0.1, 0.15) is 42.7 Å². The molecule has 7 heteroatoms. The topological polar surface area (TPSA) is 65.7 Å². The molecule has 3 rings (SSSR count). The van der Waals surface area contributed by atoms with E-state index in [1.807, 2.05) is 13.8 Å². The maximum Gasteiger partial charge on any atom is 0.216 e. The number of hydrogen-bond acceptors (Lipinski definition) is 4. The van der Waals surface area contributed by atoms with Crippen molar-refractivity contribution in [3.63, 3.8) is 0 Å². The molecule has 1 aliphatic heterocycles. The fourth-order valence-electron chi connectivity index (χ4n) is 3.46. The molecule has 0 amide bonds. The highest BCUT2D eigenvalue weighted by molar-refractivity contribution is 14.0. The predicted octanol–water partition coefficient (Wildman–Crippen LogP) is 3.63. The number of benzene rings is 1. The van der Waals surface area contributed by atoms with Gasteiger partial charge in [-0.2, -0.15) is 0 Å². The molecule has 0 bridgehead atoms. The van der Waals surface area contributed by atoms with E-state index in [0.29, 0.717) is 18.5 Å². The zero-order valence-corrected chi connectivity index (χ0v) is 19.4. The summed E-state index contributed by atoms with van der Waals surface area (Å²) in [5, 5.41) is 6.81. The molecule has 2 heterocycles. The molecule has 2 N–H and O–H groups in total. The van der Waals surface area contributed by atoms with Crippen molar-refractivity contribution >= 4 is 29.9 Å². The van der Waals surface area contributed by atoms with E-state index in [4.69, 9.17) is 4.42 Å². The van der Waals surface area contributed by atoms with Gasteiger partial charge in [-0.15, -0.1) is 24.0 Å². The number of aromatic nitrogens is 1. The summed E-state index contributed by atoms with van der Waals surface area (Å²) < 4.78 is 5.62. The lowest BCUT2D eigenvalue weighted by atomic mass is 10.2. The Labute approximate surface area is 185 Å². The third-order valence-electron chi connectivity index (χ3n) is 5.02. The zero-order chi connectivity index (χ0) is 19.1. The Kier molecular flexibility index (Phi) is 9.24. The number of aryl methyl sites for hydroxylation is 2. The van der Waals surface area contributed by atoms with Crippen LogP contribution in [0.25, 0.3) is 0 Å². The van der Waals surface area contributed by atoms with Gasteiger partial charge in [0.1, 0.15) is 12.3 Å². The number of hydrogen-bond donors (Lipinski definition) is 2. The maximum absolute atomic E-state index is 5.62. The first-order valence-electron chi connectivity index (χ1n) is 9.88. The Hall–Kier alpha value is -1.61. The number of likely N-dealkylation sites (tertiary alicyclic amines) is 1. The first-order chi connectivity index (χ1) is 13.2. The summed E-state index contributed by atoms with van der Waals surface area (Å²) in [6.45, 7) is 10.3. The molecular weight excluding hydrogens is 465 g/mol. The van der Waals surface area contributed by atoms with Crippen molar-refractivity contribution in [2.75, 3.05) is 19.6 Å². The molecule has 1 saturated heterocycles. The average Bonchev–Trinajstić information content (AvgIpc) is 3.24. The second-order valence-electron chi connectivity index (χ2n) is 7.08. The molecule has 1 unspecified atom stereocenters. The normalized spacial score (nSPS) is 17.4. The number of nitrogens with zero attached hydrogens (tertiary/aromatic N) is 3. The van der Waals surface area contributed by atoms with E-state index in [-0.39, 0.29) is 24.0 Å². The van der Waals surface area contributed by atoms with Gasteiger partial charge in [-0.1, -0.05) is 30.3 Å². The minimum atomic E-state index is 0. The second-order valence-corrected chi connectivity index (χ2v) is 7.08. The highest BCUT2D eigenvalue weighted by Gasteiger charge is 2.24. The molecule has 1 aromatic heterocycles. The van der Waals surface area contributed by atoms with Crippen molar-refractivity contribution in [1.29, 1.82) is 0 Å². The largest absolute Gasteiger partial charge is 0.444 e. The van der Waals surface area contributed by atoms with Crippen molar-refractivity contribution in [2.45, 2.75) is 52.7 Å². The number of guanidine groups is 1. The van der Waals surface area contributed by atoms with E-state index in [0.717, 1.165) is 43.6 Å². The molecule has 154 valence electrons. The number of nitrogens with one attached hydrogen (secondary N) is 2. The van der Waals surface area contributed by atoms with Gasteiger partial charge in [0.2, 0.25) is 5.89 Å². The molecule has 0 saturated carbocycles. The number of aliphatic imine (C=N–C) groups is 1. The van der Waals surface area contributed by atoms with Crippen LogP contribution in [0.4, 0.5) is 0 Å². The first kappa shape index (κ1) is 22.7. The summed E-state index contributed by atoms with van der Waals surface area (Å²) >= 11 is 0. The highest BCUT2D eigenvalue weighted by atomic mass is 127. The molecule has 1 atom stereocenters. The lowest BCUT2D eigenvalue weighted by Crippen LogP contribution is -2.44. The van der Waals surface area contributed by atoms with Crippen LogP contribution in [0.3, 0.4) is 0 Å². The molecule has 0 spiro atoms. The van der Waals surface area contributed by atoms with Crippen LogP contribution >= 0.6 is 24.0 Å². The molecule has 0 aliphatic carbocycles. The lowest BCUT2D eigenvalue weighted by Gasteiger charge is -2.25. The van der Waals surface area contributed by atoms with Gasteiger partial charge in [0.25, 0.3) is 0 Å². The third kappa shape index (κ3) is 6.48. The smallest absolute Gasteiger partial charge is 0.216 e. The quantitative estimate of drug-likeness (QED) is 0.348. The third-order valence-corrected chi connectivity index (χ3v) is 5.02. The van der Waals surface area contributed by atoms with Gasteiger partial charge in [-0.05, 0) is 45.7 Å².